The molecule has 3 N–H and O–H groups in total. The summed E-state index contributed by atoms with van der Waals surface area (Å²) < 4.78 is 5.98. The van der Waals surface area contributed by atoms with Crippen molar-refractivity contribution >= 4 is 28.7 Å². The van der Waals surface area contributed by atoms with Crippen molar-refractivity contribution in [2.45, 2.75) is 19.9 Å². The standard InChI is InChI=1S/C22H22N2O4/c1-13-10-17(14(2)24-19-7-5-4-6-16(19)22(26)27)21-18(11-13)20(25)12-15(28-21)8-9-23-3/h4-12,14,23-24H,1-3H3,(H,26,27). The first-order chi connectivity index (χ1) is 13.4. The molecule has 0 aliphatic rings. The third kappa shape index (κ3) is 3.91. The van der Waals surface area contributed by atoms with Crippen LogP contribution in [0.25, 0.3) is 17.0 Å². The maximum Gasteiger partial charge on any atom is 0.337 e. The van der Waals surface area contributed by atoms with E-state index in [0.29, 0.717) is 22.4 Å². The minimum absolute atomic E-state index is 0.125. The molecular formula is C22H22N2O4. The van der Waals surface area contributed by atoms with E-state index in [-0.39, 0.29) is 17.0 Å². The number of aryl methyl sites for hydroxylation is 1. The van der Waals surface area contributed by atoms with E-state index < -0.39 is 5.97 Å². The largest absolute Gasteiger partial charge is 0.478 e. The molecule has 144 valence electrons. The first-order valence-corrected chi connectivity index (χ1v) is 8.91. The van der Waals surface area contributed by atoms with Gasteiger partial charge in [-0.2, -0.15) is 0 Å². The summed E-state index contributed by atoms with van der Waals surface area (Å²) in [4.78, 5) is 24.1. The van der Waals surface area contributed by atoms with Crippen molar-refractivity contribution in [3.63, 3.8) is 0 Å². The number of fused-ring (bicyclic) bond motifs is 1. The smallest absolute Gasteiger partial charge is 0.337 e. The number of rotatable bonds is 6. The molecule has 0 radical (unpaired) electrons. The predicted molar refractivity (Wildman–Crippen MR) is 111 cm³/mol. The molecule has 1 atom stereocenters. The Kier molecular flexibility index (Phi) is 5.49. The Morgan fingerprint density at radius 1 is 1.21 bits per heavy atom. The molecule has 6 nitrogen and oxygen atoms in total. The summed E-state index contributed by atoms with van der Waals surface area (Å²) in [5, 5.41) is 16.0. The quantitative estimate of drug-likeness (QED) is 0.596. The van der Waals surface area contributed by atoms with E-state index in [0.717, 1.165) is 11.1 Å². The third-order valence-electron chi connectivity index (χ3n) is 4.43. The molecule has 1 aromatic heterocycles. The van der Waals surface area contributed by atoms with Gasteiger partial charge in [0.1, 0.15) is 11.3 Å². The van der Waals surface area contributed by atoms with E-state index in [9.17, 15) is 14.7 Å². The van der Waals surface area contributed by atoms with Crippen LogP contribution in [-0.4, -0.2) is 18.1 Å². The fourth-order valence-corrected chi connectivity index (χ4v) is 3.13. The lowest BCUT2D eigenvalue weighted by Crippen LogP contribution is -2.12. The Hall–Kier alpha value is -3.54. The fourth-order valence-electron chi connectivity index (χ4n) is 3.13. The number of carbonyl (C=O) groups is 1. The molecule has 0 aliphatic heterocycles. The highest BCUT2D eigenvalue weighted by molar-refractivity contribution is 5.94. The van der Waals surface area contributed by atoms with Gasteiger partial charge in [0.2, 0.25) is 0 Å². The van der Waals surface area contributed by atoms with Gasteiger partial charge in [-0.25, -0.2) is 4.79 Å². The van der Waals surface area contributed by atoms with Crippen molar-refractivity contribution < 1.29 is 14.3 Å². The van der Waals surface area contributed by atoms with Crippen molar-refractivity contribution in [1.29, 1.82) is 0 Å². The van der Waals surface area contributed by atoms with Crippen LogP contribution in [0.4, 0.5) is 5.69 Å². The molecule has 0 fully saturated rings. The molecule has 0 amide bonds. The number of aromatic carboxylic acids is 1. The Bertz CT molecular complexity index is 1120. The second kappa shape index (κ2) is 8.00. The summed E-state index contributed by atoms with van der Waals surface area (Å²) >= 11 is 0. The number of hydrogen-bond donors (Lipinski definition) is 3. The number of anilines is 1. The van der Waals surface area contributed by atoms with Crippen molar-refractivity contribution in [2.24, 2.45) is 0 Å². The first-order valence-electron chi connectivity index (χ1n) is 8.91. The number of carboxylic acid groups (broad SMARTS) is 1. The lowest BCUT2D eigenvalue weighted by Gasteiger charge is -2.19. The van der Waals surface area contributed by atoms with Crippen LogP contribution in [0.1, 0.15) is 40.2 Å². The number of benzene rings is 2. The van der Waals surface area contributed by atoms with Gasteiger partial charge in [0.05, 0.1) is 17.0 Å². The minimum Gasteiger partial charge on any atom is -0.478 e. The van der Waals surface area contributed by atoms with Gasteiger partial charge >= 0.3 is 5.97 Å². The predicted octanol–water partition coefficient (Wildman–Crippen LogP) is 4.16. The van der Waals surface area contributed by atoms with Crippen LogP contribution < -0.4 is 16.1 Å². The molecule has 1 unspecified atom stereocenters. The Morgan fingerprint density at radius 2 is 1.96 bits per heavy atom. The lowest BCUT2D eigenvalue weighted by molar-refractivity contribution is 0.0698. The zero-order chi connectivity index (χ0) is 20.3. The van der Waals surface area contributed by atoms with Crippen molar-refractivity contribution in [2.75, 3.05) is 12.4 Å². The van der Waals surface area contributed by atoms with E-state index in [1.807, 2.05) is 19.9 Å². The van der Waals surface area contributed by atoms with Crippen molar-refractivity contribution in [1.82, 2.24) is 5.32 Å². The molecule has 1 heterocycles. The molecule has 28 heavy (non-hydrogen) atoms. The van der Waals surface area contributed by atoms with Crippen LogP contribution >= 0.6 is 0 Å². The topological polar surface area (TPSA) is 91.6 Å². The Morgan fingerprint density at radius 3 is 2.68 bits per heavy atom. The number of hydrogen-bond acceptors (Lipinski definition) is 5. The second-order valence-electron chi connectivity index (χ2n) is 6.58. The van der Waals surface area contributed by atoms with E-state index in [4.69, 9.17) is 4.42 Å². The zero-order valence-corrected chi connectivity index (χ0v) is 15.9. The van der Waals surface area contributed by atoms with Crippen LogP contribution in [0.5, 0.6) is 0 Å². The first kappa shape index (κ1) is 19.2. The summed E-state index contributed by atoms with van der Waals surface area (Å²) in [5.41, 5.74) is 2.76. The molecule has 0 spiro atoms. The van der Waals surface area contributed by atoms with Crippen LogP contribution in [0.3, 0.4) is 0 Å². The molecule has 0 saturated carbocycles. The normalized spacial score (nSPS) is 12.2. The summed E-state index contributed by atoms with van der Waals surface area (Å²) in [7, 11) is 1.76. The van der Waals surface area contributed by atoms with Gasteiger partial charge in [-0.15, -0.1) is 0 Å². The van der Waals surface area contributed by atoms with Crippen LogP contribution in [-0.2, 0) is 0 Å². The average molecular weight is 378 g/mol. The maximum atomic E-state index is 12.6. The number of nitrogens with one attached hydrogen (secondary N) is 2. The van der Waals surface area contributed by atoms with Gasteiger partial charge in [-0.3, -0.25) is 4.79 Å². The molecule has 3 rings (SSSR count). The van der Waals surface area contributed by atoms with Gasteiger partial charge in [0, 0.05) is 24.4 Å². The molecular weight excluding hydrogens is 356 g/mol. The van der Waals surface area contributed by atoms with E-state index in [2.05, 4.69) is 10.6 Å². The molecule has 2 aromatic carbocycles. The summed E-state index contributed by atoms with van der Waals surface area (Å²) in [6, 6.07) is 11.6. The van der Waals surface area contributed by atoms with Gasteiger partial charge in [0.15, 0.2) is 5.43 Å². The monoisotopic (exact) mass is 378 g/mol. The maximum absolute atomic E-state index is 12.6. The van der Waals surface area contributed by atoms with Gasteiger partial charge < -0.3 is 20.2 Å². The summed E-state index contributed by atoms with van der Waals surface area (Å²) in [6.07, 6.45) is 3.37. The van der Waals surface area contributed by atoms with Crippen LogP contribution in [0.15, 0.2) is 57.9 Å². The Labute approximate surface area is 162 Å². The number of para-hydroxylation sites is 1. The summed E-state index contributed by atoms with van der Waals surface area (Å²) in [5.74, 6) is -0.564. The molecule has 0 bridgehead atoms. The van der Waals surface area contributed by atoms with Gasteiger partial charge in [-0.05, 0) is 49.9 Å². The molecule has 0 saturated heterocycles. The molecule has 6 heteroatoms. The molecule has 3 aromatic rings. The zero-order valence-electron chi connectivity index (χ0n) is 15.9. The van der Waals surface area contributed by atoms with Gasteiger partial charge in [-0.1, -0.05) is 18.2 Å². The van der Waals surface area contributed by atoms with Crippen LogP contribution in [0.2, 0.25) is 0 Å². The van der Waals surface area contributed by atoms with Crippen LogP contribution in [0, 0.1) is 6.92 Å². The lowest BCUT2D eigenvalue weighted by atomic mass is 10.0. The number of carboxylic acids is 1. The molecule has 0 aliphatic carbocycles. The van der Waals surface area contributed by atoms with E-state index >= 15 is 0 Å². The van der Waals surface area contributed by atoms with Crippen molar-refractivity contribution in [3.8, 4) is 0 Å². The van der Waals surface area contributed by atoms with Gasteiger partial charge in [0.25, 0.3) is 0 Å². The highest BCUT2D eigenvalue weighted by Gasteiger charge is 2.17. The Balaban J connectivity index is 2.11. The SMILES string of the molecule is CNC=Cc1cc(=O)c2cc(C)cc(C(C)Nc3ccccc3C(=O)O)c2o1. The third-order valence-corrected chi connectivity index (χ3v) is 4.43. The van der Waals surface area contributed by atoms with E-state index in [1.165, 1.54) is 6.07 Å². The second-order valence-corrected chi connectivity index (χ2v) is 6.58. The highest BCUT2D eigenvalue weighted by Crippen LogP contribution is 2.29. The average Bonchev–Trinajstić information content (AvgIpc) is 2.66. The summed E-state index contributed by atoms with van der Waals surface area (Å²) in [6.45, 7) is 3.82. The highest BCUT2D eigenvalue weighted by atomic mass is 16.4. The van der Waals surface area contributed by atoms with Crippen molar-refractivity contribution in [3.05, 3.63) is 81.3 Å². The van der Waals surface area contributed by atoms with E-state index in [1.54, 1.807) is 49.7 Å². The minimum atomic E-state index is -1.00. The fraction of sp³-hybridized carbons (Fsp3) is 0.182.